The van der Waals surface area contributed by atoms with Crippen LogP contribution in [0.3, 0.4) is 0 Å². The van der Waals surface area contributed by atoms with Crippen molar-refractivity contribution in [2.75, 3.05) is 5.73 Å². The van der Waals surface area contributed by atoms with E-state index < -0.39 is 6.18 Å². The zero-order valence-electron chi connectivity index (χ0n) is 6.82. The molecule has 0 fully saturated rings. The molecule has 74 valence electrons. The van der Waals surface area contributed by atoms with Gasteiger partial charge < -0.3 is 5.73 Å². The average Bonchev–Trinajstić information content (AvgIpc) is 2.05. The number of hydrogen-bond acceptors (Lipinski definition) is 1. The molecule has 0 saturated heterocycles. The van der Waals surface area contributed by atoms with E-state index in [4.69, 9.17) is 17.3 Å². The quantitative estimate of drug-likeness (QED) is 0.527. The van der Waals surface area contributed by atoms with E-state index in [1.165, 1.54) is 18.2 Å². The lowest BCUT2D eigenvalue weighted by Crippen LogP contribution is -2.02. The molecule has 0 radical (unpaired) electrons. The first-order valence-electron chi connectivity index (χ1n) is 3.53. The first-order valence-corrected chi connectivity index (χ1v) is 3.91. The highest BCUT2D eigenvalue weighted by molar-refractivity contribution is 6.30. The molecule has 0 heterocycles. The van der Waals surface area contributed by atoms with Gasteiger partial charge in [0.15, 0.2) is 0 Å². The topological polar surface area (TPSA) is 26.0 Å². The number of nitrogens with two attached hydrogens (primary N) is 1. The Morgan fingerprint density at radius 2 is 1.93 bits per heavy atom. The summed E-state index contributed by atoms with van der Waals surface area (Å²) in [5.74, 6) is 3.03. The fourth-order valence-corrected chi connectivity index (χ4v) is 0.947. The highest BCUT2D eigenvalue weighted by Crippen LogP contribution is 2.18. The fraction of sp³-hybridized carbons (Fsp3) is 0.111. The van der Waals surface area contributed by atoms with Gasteiger partial charge in [-0.3, -0.25) is 0 Å². The Balaban J connectivity index is 3.06. The van der Waals surface area contributed by atoms with Crippen LogP contribution in [0.25, 0.3) is 0 Å². The predicted octanol–water partition coefficient (Wildman–Crippen LogP) is 2.84. The molecule has 0 unspecified atom stereocenters. The minimum absolute atomic E-state index is 0.0785. The van der Waals surface area contributed by atoms with Gasteiger partial charge in [0, 0.05) is 22.2 Å². The second kappa shape index (κ2) is 3.81. The Morgan fingerprint density at radius 3 is 2.50 bits per heavy atom. The summed E-state index contributed by atoms with van der Waals surface area (Å²) < 4.78 is 35.2. The monoisotopic (exact) mass is 219 g/mol. The Kier molecular flexibility index (Phi) is 2.92. The van der Waals surface area contributed by atoms with Crippen LogP contribution in [0.15, 0.2) is 18.2 Å². The third kappa shape index (κ3) is 3.19. The lowest BCUT2D eigenvalue weighted by molar-refractivity contribution is -0.0696. The van der Waals surface area contributed by atoms with Gasteiger partial charge in [0.05, 0.1) is 0 Å². The number of alkyl halides is 3. The molecular weight excluding hydrogens is 215 g/mol. The maximum absolute atomic E-state index is 11.7. The van der Waals surface area contributed by atoms with Crippen LogP contribution >= 0.6 is 11.6 Å². The van der Waals surface area contributed by atoms with E-state index in [-0.39, 0.29) is 11.3 Å². The van der Waals surface area contributed by atoms with Gasteiger partial charge in [-0.05, 0) is 18.2 Å². The number of benzene rings is 1. The van der Waals surface area contributed by atoms with Gasteiger partial charge >= 0.3 is 6.18 Å². The molecule has 5 heteroatoms. The lowest BCUT2D eigenvalue weighted by atomic mass is 10.2. The summed E-state index contributed by atoms with van der Waals surface area (Å²) in [7, 11) is 0. The molecule has 1 nitrogen and oxygen atoms in total. The number of nitrogen functional groups attached to an aromatic ring is 1. The first kappa shape index (κ1) is 10.7. The molecule has 1 aromatic carbocycles. The molecule has 0 bridgehead atoms. The van der Waals surface area contributed by atoms with Crippen molar-refractivity contribution in [1.29, 1.82) is 0 Å². The van der Waals surface area contributed by atoms with Crippen LogP contribution in [0.4, 0.5) is 18.9 Å². The molecule has 0 aliphatic rings. The van der Waals surface area contributed by atoms with Crippen LogP contribution in [0.2, 0.25) is 5.02 Å². The molecule has 0 aliphatic heterocycles. The standard InChI is InChI=1S/C9H5ClF3N/c10-7-1-2-8(14)6(5-7)3-4-9(11,12)13/h1-2,5H,14H2. The average molecular weight is 220 g/mol. The second-order valence-corrected chi connectivity index (χ2v) is 2.92. The molecule has 0 spiro atoms. The van der Waals surface area contributed by atoms with Crippen molar-refractivity contribution in [2.24, 2.45) is 0 Å². The molecule has 1 rings (SSSR count). The van der Waals surface area contributed by atoms with Crippen LogP contribution in [0.5, 0.6) is 0 Å². The van der Waals surface area contributed by atoms with Gasteiger partial charge in [0.1, 0.15) is 0 Å². The van der Waals surface area contributed by atoms with Crippen LogP contribution in [-0.4, -0.2) is 6.18 Å². The minimum Gasteiger partial charge on any atom is -0.398 e. The number of rotatable bonds is 0. The van der Waals surface area contributed by atoms with Crippen LogP contribution in [0.1, 0.15) is 5.56 Å². The van der Waals surface area contributed by atoms with E-state index in [0.717, 1.165) is 5.92 Å². The molecular formula is C9H5ClF3N. The van der Waals surface area contributed by atoms with E-state index >= 15 is 0 Å². The molecule has 1 aromatic rings. The van der Waals surface area contributed by atoms with Gasteiger partial charge in [0.2, 0.25) is 0 Å². The van der Waals surface area contributed by atoms with Crippen molar-refractivity contribution < 1.29 is 13.2 Å². The molecule has 14 heavy (non-hydrogen) atoms. The predicted molar refractivity (Wildman–Crippen MR) is 48.8 cm³/mol. The number of halogens is 4. The van der Waals surface area contributed by atoms with Crippen LogP contribution < -0.4 is 5.73 Å². The maximum Gasteiger partial charge on any atom is 0.458 e. The molecule has 0 aromatic heterocycles. The van der Waals surface area contributed by atoms with Gasteiger partial charge in [-0.1, -0.05) is 17.5 Å². The van der Waals surface area contributed by atoms with Crippen molar-refractivity contribution in [3.05, 3.63) is 28.8 Å². The molecule has 0 atom stereocenters. The molecule has 0 saturated carbocycles. The summed E-state index contributed by atoms with van der Waals surface area (Å²) in [4.78, 5) is 0. The smallest absolute Gasteiger partial charge is 0.398 e. The van der Waals surface area contributed by atoms with Gasteiger partial charge in [-0.2, -0.15) is 13.2 Å². The highest BCUT2D eigenvalue weighted by Gasteiger charge is 2.23. The third-order valence-electron chi connectivity index (χ3n) is 1.35. The molecule has 0 amide bonds. The summed E-state index contributed by atoms with van der Waals surface area (Å²) in [5.41, 5.74) is 5.64. The van der Waals surface area contributed by atoms with Crippen molar-refractivity contribution in [3.8, 4) is 11.8 Å². The largest absolute Gasteiger partial charge is 0.458 e. The van der Waals surface area contributed by atoms with E-state index in [2.05, 4.69) is 0 Å². The number of hydrogen-bond donors (Lipinski definition) is 1. The van der Waals surface area contributed by atoms with E-state index in [0.29, 0.717) is 5.02 Å². The van der Waals surface area contributed by atoms with Crippen molar-refractivity contribution in [2.45, 2.75) is 6.18 Å². The van der Waals surface area contributed by atoms with Crippen LogP contribution in [-0.2, 0) is 0 Å². The third-order valence-corrected chi connectivity index (χ3v) is 1.59. The van der Waals surface area contributed by atoms with E-state index in [1.54, 1.807) is 0 Å². The minimum atomic E-state index is -4.52. The Bertz CT molecular complexity index is 401. The Labute approximate surface area is 83.7 Å². The first-order chi connectivity index (χ1) is 6.38. The summed E-state index contributed by atoms with van der Waals surface area (Å²) in [6, 6.07) is 4.17. The van der Waals surface area contributed by atoms with E-state index in [1.807, 2.05) is 5.92 Å². The molecule has 2 N–H and O–H groups in total. The Hall–Kier alpha value is -1.34. The second-order valence-electron chi connectivity index (χ2n) is 2.48. The lowest BCUT2D eigenvalue weighted by Gasteiger charge is -1.98. The maximum atomic E-state index is 11.7. The van der Waals surface area contributed by atoms with Gasteiger partial charge in [0.25, 0.3) is 0 Å². The summed E-state index contributed by atoms with van der Waals surface area (Å²) >= 11 is 5.56. The highest BCUT2D eigenvalue weighted by atomic mass is 35.5. The van der Waals surface area contributed by atoms with Crippen molar-refractivity contribution in [3.63, 3.8) is 0 Å². The van der Waals surface area contributed by atoms with E-state index in [9.17, 15) is 13.2 Å². The van der Waals surface area contributed by atoms with Crippen molar-refractivity contribution in [1.82, 2.24) is 0 Å². The summed E-state index contributed by atoms with van der Waals surface area (Å²) in [6.07, 6.45) is -4.52. The zero-order valence-corrected chi connectivity index (χ0v) is 7.58. The Morgan fingerprint density at radius 1 is 1.29 bits per heavy atom. The fourth-order valence-electron chi connectivity index (χ4n) is 0.775. The van der Waals surface area contributed by atoms with Crippen LogP contribution in [0, 0.1) is 11.8 Å². The van der Waals surface area contributed by atoms with Gasteiger partial charge in [-0.25, -0.2) is 0 Å². The number of anilines is 1. The van der Waals surface area contributed by atoms with Gasteiger partial charge in [-0.15, -0.1) is 0 Å². The summed E-state index contributed by atoms with van der Waals surface area (Å²) in [5, 5.41) is 0.297. The van der Waals surface area contributed by atoms with Crippen molar-refractivity contribution >= 4 is 17.3 Å². The zero-order chi connectivity index (χ0) is 10.8. The normalized spacial score (nSPS) is 10.6. The summed E-state index contributed by atoms with van der Waals surface area (Å²) in [6.45, 7) is 0. The SMILES string of the molecule is Nc1ccc(Cl)cc1C#CC(F)(F)F. The molecule has 0 aliphatic carbocycles.